The smallest absolute Gasteiger partial charge is 0.123 e. The van der Waals surface area contributed by atoms with Crippen molar-refractivity contribution in [2.75, 3.05) is 0 Å². The summed E-state index contributed by atoms with van der Waals surface area (Å²) in [5, 5.41) is 10.4. The summed E-state index contributed by atoms with van der Waals surface area (Å²) < 4.78 is 13.1. The van der Waals surface area contributed by atoms with Crippen molar-refractivity contribution in [1.82, 2.24) is 0 Å². The van der Waals surface area contributed by atoms with E-state index < -0.39 is 0 Å². The normalized spacial score (nSPS) is 24.6. The van der Waals surface area contributed by atoms with Crippen LogP contribution in [0.1, 0.15) is 57.4 Å². The quantitative estimate of drug-likeness (QED) is 0.798. The first-order valence-corrected chi connectivity index (χ1v) is 8.11. The molecule has 0 spiro atoms. The van der Waals surface area contributed by atoms with Gasteiger partial charge in [0.1, 0.15) is 5.82 Å². The zero-order valence-electron chi connectivity index (χ0n) is 12.5. The molecule has 1 unspecified atom stereocenters. The predicted molar refractivity (Wildman–Crippen MR) is 81.1 cm³/mol. The van der Waals surface area contributed by atoms with E-state index in [-0.39, 0.29) is 11.9 Å². The van der Waals surface area contributed by atoms with Gasteiger partial charge < -0.3 is 5.11 Å². The molecular weight excluding hydrogens is 251 g/mol. The lowest BCUT2D eigenvalue weighted by Crippen LogP contribution is -2.27. The van der Waals surface area contributed by atoms with Gasteiger partial charge in [-0.15, -0.1) is 0 Å². The first-order chi connectivity index (χ1) is 9.69. The van der Waals surface area contributed by atoms with Crippen molar-refractivity contribution in [3.05, 3.63) is 35.6 Å². The fourth-order valence-corrected chi connectivity index (χ4v) is 3.43. The highest BCUT2D eigenvalue weighted by Gasteiger charge is 2.26. The minimum Gasteiger partial charge on any atom is -0.392 e. The lowest BCUT2D eigenvalue weighted by molar-refractivity contribution is 0.0726. The van der Waals surface area contributed by atoms with Crippen LogP contribution in [0.2, 0.25) is 0 Å². The monoisotopic (exact) mass is 278 g/mol. The second kappa shape index (κ2) is 7.78. The van der Waals surface area contributed by atoms with Crippen molar-refractivity contribution in [3.8, 4) is 0 Å². The molecule has 1 atom stereocenters. The number of hydrogen-bond donors (Lipinski definition) is 1. The average molecular weight is 278 g/mol. The zero-order valence-corrected chi connectivity index (χ0v) is 12.5. The lowest BCUT2D eigenvalue weighted by Gasteiger charge is -2.31. The van der Waals surface area contributed by atoms with E-state index in [1.54, 1.807) is 6.07 Å². The summed E-state index contributed by atoms with van der Waals surface area (Å²) in [4.78, 5) is 0. The van der Waals surface area contributed by atoms with E-state index in [9.17, 15) is 9.50 Å². The number of hydrogen-bond acceptors (Lipinski definition) is 1. The third-order valence-electron chi connectivity index (χ3n) is 4.74. The lowest BCUT2D eigenvalue weighted by atomic mass is 9.76. The van der Waals surface area contributed by atoms with Crippen molar-refractivity contribution in [1.29, 1.82) is 0 Å². The van der Waals surface area contributed by atoms with Crippen LogP contribution in [0.4, 0.5) is 4.39 Å². The van der Waals surface area contributed by atoms with Crippen LogP contribution in [0.25, 0.3) is 0 Å². The molecule has 1 N–H and O–H groups in total. The Morgan fingerprint density at radius 1 is 1.25 bits per heavy atom. The van der Waals surface area contributed by atoms with Crippen molar-refractivity contribution < 1.29 is 9.50 Å². The molecular formula is C18H27FO. The Kier molecular flexibility index (Phi) is 6.03. The molecule has 0 bridgehead atoms. The Balaban J connectivity index is 1.78. The summed E-state index contributed by atoms with van der Waals surface area (Å²) in [5.74, 6) is 1.06. The Bertz CT molecular complexity index is 396. The molecule has 0 aromatic heterocycles. The van der Waals surface area contributed by atoms with E-state index in [1.807, 2.05) is 6.07 Å². The van der Waals surface area contributed by atoms with E-state index in [0.29, 0.717) is 12.3 Å². The molecule has 2 heteroatoms. The summed E-state index contributed by atoms with van der Waals surface area (Å²) in [6.07, 6.45) is 9.00. The largest absolute Gasteiger partial charge is 0.392 e. The van der Waals surface area contributed by atoms with Gasteiger partial charge in [0.15, 0.2) is 0 Å². The van der Waals surface area contributed by atoms with Gasteiger partial charge in [0, 0.05) is 0 Å². The Hall–Kier alpha value is -0.890. The van der Waals surface area contributed by atoms with Gasteiger partial charge in [0.05, 0.1) is 6.10 Å². The molecule has 1 aromatic carbocycles. The molecule has 0 radical (unpaired) electrons. The second-order valence-corrected chi connectivity index (χ2v) is 6.32. The number of aliphatic hydroxyl groups excluding tert-OH is 1. The van der Waals surface area contributed by atoms with Crippen LogP contribution in [-0.4, -0.2) is 11.2 Å². The minimum absolute atomic E-state index is 0.210. The molecule has 0 aliphatic heterocycles. The maximum absolute atomic E-state index is 13.1. The van der Waals surface area contributed by atoms with E-state index in [0.717, 1.165) is 24.3 Å². The Labute approximate surface area is 122 Å². The number of rotatable bonds is 6. The summed E-state index contributed by atoms with van der Waals surface area (Å²) in [6.45, 7) is 2.24. The maximum Gasteiger partial charge on any atom is 0.123 e. The third-order valence-corrected chi connectivity index (χ3v) is 4.74. The first-order valence-electron chi connectivity index (χ1n) is 8.11. The third kappa shape index (κ3) is 4.59. The molecule has 1 fully saturated rings. The van der Waals surface area contributed by atoms with Gasteiger partial charge in [-0.2, -0.15) is 0 Å². The topological polar surface area (TPSA) is 20.2 Å². The van der Waals surface area contributed by atoms with Gasteiger partial charge >= 0.3 is 0 Å². The molecule has 1 aliphatic rings. The molecule has 1 nitrogen and oxygen atoms in total. The summed E-state index contributed by atoms with van der Waals surface area (Å²) in [5.41, 5.74) is 0.908. The van der Waals surface area contributed by atoms with Crippen LogP contribution in [0, 0.1) is 17.7 Å². The molecule has 1 saturated carbocycles. The number of halogens is 1. The van der Waals surface area contributed by atoms with E-state index >= 15 is 0 Å². The summed E-state index contributed by atoms with van der Waals surface area (Å²) in [6, 6.07) is 6.61. The summed E-state index contributed by atoms with van der Waals surface area (Å²) in [7, 11) is 0. The van der Waals surface area contributed by atoms with Crippen LogP contribution in [0.15, 0.2) is 24.3 Å². The van der Waals surface area contributed by atoms with Crippen LogP contribution >= 0.6 is 0 Å². The SMILES string of the molecule is CCCCC1CCC(C(O)Cc2cccc(F)c2)CC1. The minimum atomic E-state index is -0.316. The average Bonchev–Trinajstić information content (AvgIpc) is 2.45. The van der Waals surface area contributed by atoms with Gasteiger partial charge in [-0.1, -0.05) is 51.2 Å². The van der Waals surface area contributed by atoms with Gasteiger partial charge in [0.2, 0.25) is 0 Å². The summed E-state index contributed by atoms with van der Waals surface area (Å²) >= 11 is 0. The van der Waals surface area contributed by atoms with E-state index in [4.69, 9.17) is 0 Å². The molecule has 0 saturated heterocycles. The first kappa shape index (κ1) is 15.5. The molecule has 2 rings (SSSR count). The van der Waals surface area contributed by atoms with Gasteiger partial charge in [-0.05, 0) is 48.8 Å². The standard InChI is InChI=1S/C18H27FO/c1-2-3-5-14-8-10-16(11-9-14)18(20)13-15-6-4-7-17(19)12-15/h4,6-7,12,14,16,18,20H,2-3,5,8-11,13H2,1H3. The predicted octanol–water partition coefficient (Wildman–Crippen LogP) is 4.73. The van der Waals surface area contributed by atoms with Crippen molar-refractivity contribution in [2.24, 2.45) is 11.8 Å². The van der Waals surface area contributed by atoms with Crippen molar-refractivity contribution in [3.63, 3.8) is 0 Å². The van der Waals surface area contributed by atoms with Crippen LogP contribution in [-0.2, 0) is 6.42 Å². The highest BCUT2D eigenvalue weighted by atomic mass is 19.1. The highest BCUT2D eigenvalue weighted by molar-refractivity contribution is 5.17. The molecule has 0 amide bonds. The van der Waals surface area contributed by atoms with E-state index in [2.05, 4.69) is 6.92 Å². The van der Waals surface area contributed by atoms with Gasteiger partial charge in [-0.25, -0.2) is 4.39 Å². The number of unbranched alkanes of at least 4 members (excludes halogenated alkanes) is 1. The fourth-order valence-electron chi connectivity index (χ4n) is 3.43. The maximum atomic E-state index is 13.1. The molecule has 1 aliphatic carbocycles. The van der Waals surface area contributed by atoms with Crippen molar-refractivity contribution >= 4 is 0 Å². The zero-order chi connectivity index (χ0) is 14.4. The highest BCUT2D eigenvalue weighted by Crippen LogP contribution is 2.34. The molecule has 112 valence electrons. The van der Waals surface area contributed by atoms with Gasteiger partial charge in [0.25, 0.3) is 0 Å². The van der Waals surface area contributed by atoms with Gasteiger partial charge in [-0.3, -0.25) is 0 Å². The van der Waals surface area contributed by atoms with Crippen LogP contribution in [0.5, 0.6) is 0 Å². The molecule has 0 heterocycles. The molecule has 1 aromatic rings. The van der Waals surface area contributed by atoms with E-state index in [1.165, 1.54) is 44.2 Å². The Morgan fingerprint density at radius 2 is 2.00 bits per heavy atom. The number of aliphatic hydroxyl groups is 1. The second-order valence-electron chi connectivity index (χ2n) is 6.32. The Morgan fingerprint density at radius 3 is 2.65 bits per heavy atom. The van der Waals surface area contributed by atoms with Crippen molar-refractivity contribution in [2.45, 2.75) is 64.4 Å². The van der Waals surface area contributed by atoms with Crippen LogP contribution < -0.4 is 0 Å². The fraction of sp³-hybridized carbons (Fsp3) is 0.667. The molecule has 20 heavy (non-hydrogen) atoms. The number of benzene rings is 1. The van der Waals surface area contributed by atoms with Crippen LogP contribution in [0.3, 0.4) is 0 Å².